The Bertz CT molecular complexity index is 468. The van der Waals surface area contributed by atoms with Crippen LogP contribution in [0.2, 0.25) is 39.3 Å². The number of benzene rings is 1. The quantitative estimate of drug-likeness (QED) is 0.487. The molecule has 2 heteroatoms. The molecule has 0 aromatic heterocycles. The maximum Gasteiger partial charge on any atom is 0.0695 e. The largest absolute Gasteiger partial charge is 0.0916 e. The molecule has 1 rings (SSSR count). The van der Waals surface area contributed by atoms with Crippen molar-refractivity contribution < 1.29 is 0 Å². The number of rotatable bonds is 4. The van der Waals surface area contributed by atoms with Gasteiger partial charge in [0.05, 0.1) is 16.1 Å². The zero-order valence-corrected chi connectivity index (χ0v) is 15.5. The highest BCUT2D eigenvalue weighted by molar-refractivity contribution is 6.82. The standard InChI is InChI=1S/C17H28Si2/c1-15(13-18(2,3)4)17(14-19(5,6)7)16-11-9-8-10-12-16/h8-14H,1-7H3/b15-13+,17-14-. The second-order valence-corrected chi connectivity index (χ2v) is 17.5. The molecule has 0 aliphatic carbocycles. The topological polar surface area (TPSA) is 0 Å². The molecular formula is C17H28Si2. The average molecular weight is 289 g/mol. The Morgan fingerprint density at radius 3 is 1.68 bits per heavy atom. The van der Waals surface area contributed by atoms with Crippen molar-refractivity contribution in [1.82, 2.24) is 0 Å². The molecule has 1 aromatic rings. The molecule has 0 aliphatic rings. The van der Waals surface area contributed by atoms with E-state index in [-0.39, 0.29) is 0 Å². The Balaban J connectivity index is 3.31. The summed E-state index contributed by atoms with van der Waals surface area (Å²) in [6.45, 7) is 16.7. The fraction of sp³-hybridized carbons (Fsp3) is 0.412. The van der Waals surface area contributed by atoms with Gasteiger partial charge in [-0.25, -0.2) is 0 Å². The second-order valence-electron chi connectivity index (χ2n) is 7.48. The predicted octanol–water partition coefficient (Wildman–Crippen LogP) is 5.77. The van der Waals surface area contributed by atoms with Crippen LogP contribution >= 0.6 is 0 Å². The van der Waals surface area contributed by atoms with Crippen LogP contribution in [0.5, 0.6) is 0 Å². The van der Waals surface area contributed by atoms with E-state index < -0.39 is 16.1 Å². The van der Waals surface area contributed by atoms with Gasteiger partial charge in [-0.1, -0.05) is 86.6 Å². The molecule has 0 atom stereocenters. The minimum absolute atomic E-state index is 1.18. The molecule has 0 radical (unpaired) electrons. The molecule has 0 unspecified atom stereocenters. The zero-order valence-electron chi connectivity index (χ0n) is 13.5. The highest BCUT2D eigenvalue weighted by atomic mass is 28.3. The van der Waals surface area contributed by atoms with Crippen molar-refractivity contribution in [3.05, 3.63) is 52.9 Å². The third-order valence-corrected chi connectivity index (χ3v) is 5.19. The smallest absolute Gasteiger partial charge is 0.0695 e. The molecule has 0 fully saturated rings. The van der Waals surface area contributed by atoms with Crippen LogP contribution in [0.25, 0.3) is 5.57 Å². The Hall–Kier alpha value is -0.866. The molecule has 0 nitrogen and oxygen atoms in total. The van der Waals surface area contributed by atoms with Crippen LogP contribution < -0.4 is 0 Å². The summed E-state index contributed by atoms with van der Waals surface area (Å²) in [5.74, 6) is 0. The second kappa shape index (κ2) is 6.06. The molecule has 1 aromatic carbocycles. The van der Waals surface area contributed by atoms with Crippen LogP contribution in [0.1, 0.15) is 12.5 Å². The van der Waals surface area contributed by atoms with E-state index in [4.69, 9.17) is 0 Å². The molecule has 0 N–H and O–H groups in total. The summed E-state index contributed by atoms with van der Waals surface area (Å²) in [6, 6.07) is 10.8. The van der Waals surface area contributed by atoms with Gasteiger partial charge in [0.15, 0.2) is 0 Å². The maximum atomic E-state index is 2.54. The highest BCUT2D eigenvalue weighted by Crippen LogP contribution is 2.26. The van der Waals surface area contributed by atoms with E-state index >= 15 is 0 Å². The van der Waals surface area contributed by atoms with Crippen molar-refractivity contribution in [3.63, 3.8) is 0 Å². The minimum atomic E-state index is -1.23. The summed E-state index contributed by atoms with van der Waals surface area (Å²) in [4.78, 5) is 0. The maximum absolute atomic E-state index is 2.54. The van der Waals surface area contributed by atoms with E-state index in [0.717, 1.165) is 0 Å². The SMILES string of the molecule is CC(=C\[Si](C)(C)C)/C(=C/[Si](C)(C)C)c1ccccc1. The van der Waals surface area contributed by atoms with Gasteiger partial charge in [0.2, 0.25) is 0 Å². The predicted molar refractivity (Wildman–Crippen MR) is 94.9 cm³/mol. The van der Waals surface area contributed by atoms with Crippen molar-refractivity contribution in [2.45, 2.75) is 46.2 Å². The Morgan fingerprint density at radius 2 is 1.26 bits per heavy atom. The fourth-order valence-electron chi connectivity index (χ4n) is 2.20. The van der Waals surface area contributed by atoms with Gasteiger partial charge in [-0.3, -0.25) is 0 Å². The van der Waals surface area contributed by atoms with Crippen LogP contribution in [-0.2, 0) is 0 Å². The molecule has 104 valence electrons. The molecular weight excluding hydrogens is 260 g/mol. The monoisotopic (exact) mass is 288 g/mol. The summed E-state index contributed by atoms with van der Waals surface area (Å²) < 4.78 is 0. The Kier molecular flexibility index (Phi) is 5.16. The van der Waals surface area contributed by atoms with Gasteiger partial charge in [-0.15, -0.1) is 0 Å². The summed E-state index contributed by atoms with van der Waals surface area (Å²) in [6.07, 6.45) is 0. The van der Waals surface area contributed by atoms with Crippen molar-refractivity contribution in [2.24, 2.45) is 0 Å². The molecule has 0 heterocycles. The highest BCUT2D eigenvalue weighted by Gasteiger charge is 2.16. The summed E-state index contributed by atoms with van der Waals surface area (Å²) >= 11 is 0. The first-order valence-corrected chi connectivity index (χ1v) is 14.2. The van der Waals surface area contributed by atoms with E-state index in [2.05, 4.69) is 87.9 Å². The Labute approximate surface area is 121 Å². The van der Waals surface area contributed by atoms with E-state index in [1.807, 2.05) is 0 Å². The van der Waals surface area contributed by atoms with Gasteiger partial charge in [0, 0.05) is 0 Å². The van der Waals surface area contributed by atoms with Gasteiger partial charge >= 0.3 is 0 Å². The lowest BCUT2D eigenvalue weighted by Gasteiger charge is -2.19. The fourth-order valence-corrected chi connectivity index (χ4v) is 4.92. The van der Waals surface area contributed by atoms with Crippen LogP contribution in [0, 0.1) is 0 Å². The first kappa shape index (κ1) is 16.2. The van der Waals surface area contributed by atoms with Crippen LogP contribution in [0.15, 0.2) is 47.3 Å². The lowest BCUT2D eigenvalue weighted by atomic mass is 10.0. The van der Waals surface area contributed by atoms with Gasteiger partial charge in [-0.2, -0.15) is 0 Å². The lowest BCUT2D eigenvalue weighted by Crippen LogP contribution is -2.19. The number of hydrogen-bond donors (Lipinski definition) is 0. The molecule has 0 saturated carbocycles. The van der Waals surface area contributed by atoms with E-state index in [1.165, 1.54) is 16.7 Å². The van der Waals surface area contributed by atoms with Crippen molar-refractivity contribution in [1.29, 1.82) is 0 Å². The van der Waals surface area contributed by atoms with Gasteiger partial charge in [0.25, 0.3) is 0 Å². The minimum Gasteiger partial charge on any atom is -0.0916 e. The van der Waals surface area contributed by atoms with Crippen molar-refractivity contribution >= 4 is 21.7 Å². The lowest BCUT2D eigenvalue weighted by molar-refractivity contribution is 1.49. The number of hydrogen-bond acceptors (Lipinski definition) is 0. The van der Waals surface area contributed by atoms with Crippen LogP contribution in [0.4, 0.5) is 0 Å². The average Bonchev–Trinajstić information content (AvgIpc) is 2.23. The van der Waals surface area contributed by atoms with Crippen LogP contribution in [0.3, 0.4) is 0 Å². The van der Waals surface area contributed by atoms with E-state index in [9.17, 15) is 0 Å². The third-order valence-electron chi connectivity index (χ3n) is 2.74. The summed E-state index contributed by atoms with van der Waals surface area (Å²) in [7, 11) is -2.41. The molecule has 0 spiro atoms. The van der Waals surface area contributed by atoms with Gasteiger partial charge < -0.3 is 0 Å². The molecule has 0 aliphatic heterocycles. The summed E-state index contributed by atoms with van der Waals surface area (Å²) in [5.41, 5.74) is 9.31. The molecule has 0 saturated heterocycles. The zero-order chi connectivity index (χ0) is 14.7. The Morgan fingerprint density at radius 1 is 0.789 bits per heavy atom. The molecule has 0 bridgehead atoms. The van der Waals surface area contributed by atoms with Crippen LogP contribution in [-0.4, -0.2) is 16.1 Å². The van der Waals surface area contributed by atoms with Crippen molar-refractivity contribution in [2.75, 3.05) is 0 Å². The summed E-state index contributed by atoms with van der Waals surface area (Å²) in [5, 5.41) is 0. The third kappa shape index (κ3) is 6.21. The normalized spacial score (nSPS) is 14.7. The van der Waals surface area contributed by atoms with E-state index in [0.29, 0.717) is 0 Å². The van der Waals surface area contributed by atoms with Gasteiger partial charge in [0.1, 0.15) is 0 Å². The number of allylic oxidation sites excluding steroid dienone is 2. The van der Waals surface area contributed by atoms with Gasteiger partial charge in [-0.05, 0) is 18.1 Å². The van der Waals surface area contributed by atoms with Crippen molar-refractivity contribution in [3.8, 4) is 0 Å². The molecule has 19 heavy (non-hydrogen) atoms. The van der Waals surface area contributed by atoms with E-state index in [1.54, 1.807) is 0 Å². The first-order valence-electron chi connectivity index (χ1n) is 7.07. The first-order chi connectivity index (χ1) is 8.58. The molecule has 0 amide bonds.